The minimum absolute atomic E-state index is 0.318. The van der Waals surface area contributed by atoms with Crippen LogP contribution in [0.3, 0.4) is 0 Å². The first-order valence-corrected chi connectivity index (χ1v) is 6.46. The highest BCUT2D eigenvalue weighted by molar-refractivity contribution is 5.88. The zero-order chi connectivity index (χ0) is 13.7. The molecular formula is C14H22N2O2. The van der Waals surface area contributed by atoms with Crippen LogP contribution in [0.5, 0.6) is 0 Å². The number of aryl methyl sites for hydroxylation is 1. The summed E-state index contributed by atoms with van der Waals surface area (Å²) in [6, 6.07) is 3.66. The highest BCUT2D eigenvalue weighted by Gasteiger charge is 2.14. The molecule has 4 heteroatoms. The molecule has 0 saturated carbocycles. The number of aromatic carboxylic acids is 1. The van der Waals surface area contributed by atoms with Crippen molar-refractivity contribution < 1.29 is 9.90 Å². The fourth-order valence-corrected chi connectivity index (χ4v) is 1.76. The maximum absolute atomic E-state index is 11.1. The normalized spacial score (nSPS) is 12.2. The maximum atomic E-state index is 11.1. The van der Waals surface area contributed by atoms with E-state index in [1.54, 1.807) is 12.1 Å². The molecule has 0 bridgehead atoms. The van der Waals surface area contributed by atoms with Gasteiger partial charge in [0.25, 0.3) is 0 Å². The maximum Gasteiger partial charge on any atom is 0.335 e. The second kappa shape index (κ2) is 6.38. The summed E-state index contributed by atoms with van der Waals surface area (Å²) in [5.41, 5.74) is 1.17. The zero-order valence-electron chi connectivity index (χ0n) is 11.6. The molecule has 0 aliphatic rings. The number of carboxylic acid groups (broad SMARTS) is 1. The van der Waals surface area contributed by atoms with Crippen molar-refractivity contribution in [3.63, 3.8) is 0 Å². The van der Waals surface area contributed by atoms with E-state index in [1.807, 2.05) is 11.9 Å². The summed E-state index contributed by atoms with van der Waals surface area (Å²) in [4.78, 5) is 17.7. The van der Waals surface area contributed by atoms with Crippen molar-refractivity contribution in [2.75, 3.05) is 11.9 Å². The van der Waals surface area contributed by atoms with Gasteiger partial charge in [-0.25, -0.2) is 9.78 Å². The van der Waals surface area contributed by atoms with Gasteiger partial charge in [0.1, 0.15) is 5.82 Å². The zero-order valence-corrected chi connectivity index (χ0v) is 11.6. The summed E-state index contributed by atoms with van der Waals surface area (Å²) in [5, 5.41) is 9.13. The number of pyridine rings is 1. The Kier molecular flexibility index (Phi) is 5.13. The molecule has 18 heavy (non-hydrogen) atoms. The molecule has 0 fully saturated rings. The van der Waals surface area contributed by atoms with E-state index < -0.39 is 5.97 Å². The Hall–Kier alpha value is -1.58. The molecule has 0 aromatic carbocycles. The Balaban J connectivity index is 3.13. The van der Waals surface area contributed by atoms with Gasteiger partial charge < -0.3 is 10.0 Å². The number of nitrogens with zero attached hydrogens (tertiary/aromatic N) is 2. The third-order valence-electron chi connectivity index (χ3n) is 3.23. The largest absolute Gasteiger partial charge is 0.478 e. The Bertz CT molecular complexity index is 418. The molecule has 1 atom stereocenters. The van der Waals surface area contributed by atoms with Gasteiger partial charge in [0.2, 0.25) is 0 Å². The SMILES string of the molecule is CCCc1cc(C(=O)O)cc(N(C)C(C)CC)n1. The number of hydrogen-bond acceptors (Lipinski definition) is 3. The van der Waals surface area contributed by atoms with Gasteiger partial charge in [-0.2, -0.15) is 0 Å². The topological polar surface area (TPSA) is 53.4 Å². The lowest BCUT2D eigenvalue weighted by Gasteiger charge is -2.25. The van der Waals surface area contributed by atoms with E-state index in [4.69, 9.17) is 5.11 Å². The monoisotopic (exact) mass is 250 g/mol. The summed E-state index contributed by atoms with van der Waals surface area (Å²) in [5.74, 6) is -0.152. The number of hydrogen-bond donors (Lipinski definition) is 1. The van der Waals surface area contributed by atoms with E-state index in [2.05, 4.69) is 25.8 Å². The van der Waals surface area contributed by atoms with Gasteiger partial charge >= 0.3 is 5.97 Å². The molecule has 4 nitrogen and oxygen atoms in total. The molecule has 1 aromatic rings. The van der Waals surface area contributed by atoms with Crippen molar-refractivity contribution in [3.8, 4) is 0 Å². The Labute approximate surface area is 109 Å². The lowest BCUT2D eigenvalue weighted by Crippen LogP contribution is -2.29. The average molecular weight is 250 g/mol. The fraction of sp³-hybridized carbons (Fsp3) is 0.571. The van der Waals surface area contributed by atoms with E-state index in [9.17, 15) is 4.79 Å². The lowest BCUT2D eigenvalue weighted by molar-refractivity contribution is 0.0696. The third-order valence-corrected chi connectivity index (χ3v) is 3.23. The number of rotatable bonds is 6. The molecule has 0 spiro atoms. The molecule has 1 rings (SSSR count). The van der Waals surface area contributed by atoms with Crippen LogP contribution < -0.4 is 4.90 Å². The van der Waals surface area contributed by atoms with Crippen LogP contribution in [0.4, 0.5) is 5.82 Å². The second-order valence-electron chi connectivity index (χ2n) is 4.63. The molecule has 1 unspecified atom stereocenters. The summed E-state index contributed by atoms with van der Waals surface area (Å²) in [7, 11) is 1.96. The van der Waals surface area contributed by atoms with E-state index >= 15 is 0 Å². The van der Waals surface area contributed by atoms with E-state index in [0.717, 1.165) is 30.8 Å². The molecule has 100 valence electrons. The van der Waals surface area contributed by atoms with Crippen molar-refractivity contribution in [1.82, 2.24) is 4.98 Å². The fourth-order valence-electron chi connectivity index (χ4n) is 1.76. The molecule has 1 aromatic heterocycles. The first-order valence-electron chi connectivity index (χ1n) is 6.46. The van der Waals surface area contributed by atoms with Crippen LogP contribution >= 0.6 is 0 Å². The predicted molar refractivity (Wildman–Crippen MR) is 73.3 cm³/mol. The van der Waals surface area contributed by atoms with Crippen molar-refractivity contribution in [2.45, 2.75) is 46.1 Å². The molecule has 0 radical (unpaired) electrons. The number of carboxylic acids is 1. The van der Waals surface area contributed by atoms with Gasteiger partial charge in [-0.3, -0.25) is 0 Å². The van der Waals surface area contributed by atoms with E-state index in [-0.39, 0.29) is 0 Å². The van der Waals surface area contributed by atoms with Crippen LogP contribution in [0.2, 0.25) is 0 Å². The molecule has 1 heterocycles. The Morgan fingerprint density at radius 1 is 1.44 bits per heavy atom. The average Bonchev–Trinajstić information content (AvgIpc) is 2.36. The highest BCUT2D eigenvalue weighted by atomic mass is 16.4. The molecular weight excluding hydrogens is 228 g/mol. The van der Waals surface area contributed by atoms with E-state index in [1.165, 1.54) is 0 Å². The van der Waals surface area contributed by atoms with Crippen LogP contribution in [-0.4, -0.2) is 29.1 Å². The molecule has 0 saturated heterocycles. The van der Waals surface area contributed by atoms with Crippen LogP contribution in [-0.2, 0) is 6.42 Å². The van der Waals surface area contributed by atoms with Gasteiger partial charge in [0, 0.05) is 18.8 Å². The van der Waals surface area contributed by atoms with Gasteiger partial charge in [0.15, 0.2) is 0 Å². The predicted octanol–water partition coefficient (Wildman–Crippen LogP) is 2.97. The second-order valence-corrected chi connectivity index (χ2v) is 4.63. The molecule has 0 amide bonds. The lowest BCUT2D eigenvalue weighted by atomic mass is 10.1. The van der Waals surface area contributed by atoms with Gasteiger partial charge in [-0.15, -0.1) is 0 Å². The summed E-state index contributed by atoms with van der Waals surface area (Å²) in [6.07, 6.45) is 2.77. The minimum Gasteiger partial charge on any atom is -0.478 e. The molecule has 1 N–H and O–H groups in total. The highest BCUT2D eigenvalue weighted by Crippen LogP contribution is 2.18. The number of anilines is 1. The van der Waals surface area contributed by atoms with E-state index in [0.29, 0.717) is 11.6 Å². The van der Waals surface area contributed by atoms with Crippen molar-refractivity contribution >= 4 is 11.8 Å². The first kappa shape index (κ1) is 14.5. The standard InChI is InChI=1S/C14H22N2O2/c1-5-7-12-8-11(14(17)18)9-13(15-12)16(4)10(3)6-2/h8-10H,5-7H2,1-4H3,(H,17,18). The minimum atomic E-state index is -0.895. The van der Waals surface area contributed by atoms with Crippen LogP contribution in [0.25, 0.3) is 0 Å². The summed E-state index contributed by atoms with van der Waals surface area (Å²) < 4.78 is 0. The van der Waals surface area contributed by atoms with Gasteiger partial charge in [-0.1, -0.05) is 20.3 Å². The van der Waals surface area contributed by atoms with Crippen LogP contribution in [0, 0.1) is 0 Å². The van der Waals surface area contributed by atoms with Crippen molar-refractivity contribution in [2.24, 2.45) is 0 Å². The number of aromatic nitrogens is 1. The summed E-state index contributed by atoms with van der Waals surface area (Å²) >= 11 is 0. The summed E-state index contributed by atoms with van der Waals surface area (Å²) in [6.45, 7) is 6.27. The van der Waals surface area contributed by atoms with Gasteiger partial charge in [-0.05, 0) is 31.9 Å². The molecule has 0 aliphatic heterocycles. The Morgan fingerprint density at radius 3 is 2.61 bits per heavy atom. The van der Waals surface area contributed by atoms with Crippen LogP contribution in [0.1, 0.15) is 49.7 Å². The molecule has 0 aliphatic carbocycles. The van der Waals surface area contributed by atoms with Gasteiger partial charge in [0.05, 0.1) is 5.56 Å². The van der Waals surface area contributed by atoms with Crippen molar-refractivity contribution in [1.29, 1.82) is 0 Å². The van der Waals surface area contributed by atoms with Crippen LogP contribution in [0.15, 0.2) is 12.1 Å². The smallest absolute Gasteiger partial charge is 0.335 e. The third kappa shape index (κ3) is 3.45. The van der Waals surface area contributed by atoms with Crippen molar-refractivity contribution in [3.05, 3.63) is 23.4 Å². The first-order chi connectivity index (χ1) is 8.49. The Morgan fingerprint density at radius 2 is 2.11 bits per heavy atom. The number of carbonyl (C=O) groups is 1. The quantitative estimate of drug-likeness (QED) is 0.843.